The van der Waals surface area contributed by atoms with E-state index in [1.807, 2.05) is 9.47 Å². The molecule has 1 rings (SSSR count). The average molecular weight is 237 g/mol. The lowest BCUT2D eigenvalue weighted by atomic mass is 9.87. The molecule has 0 radical (unpaired) electrons. The van der Waals surface area contributed by atoms with Gasteiger partial charge in [0.2, 0.25) is 0 Å². The zero-order valence-electron chi connectivity index (χ0n) is 7.35. The topological polar surface area (TPSA) is 38.7 Å². The van der Waals surface area contributed by atoms with E-state index in [1.54, 1.807) is 0 Å². The molecule has 74 valence electrons. The lowest BCUT2D eigenvalue weighted by Gasteiger charge is -2.23. The third-order valence-corrected chi connectivity index (χ3v) is 3.47. The Bertz CT molecular complexity index is 202. The average Bonchev–Trinajstić information content (AvgIpc) is 2.18. The maximum Gasteiger partial charge on any atom is 0.311 e. The lowest BCUT2D eigenvalue weighted by Crippen LogP contribution is -2.23. The monoisotopic (exact) mass is 237 g/mol. The Hall–Kier alpha value is 0.430. The molecule has 0 aromatic rings. The van der Waals surface area contributed by atoms with Crippen LogP contribution in [-0.4, -0.2) is 12.0 Å². The summed E-state index contributed by atoms with van der Waals surface area (Å²) in [6.45, 7) is 0. The third-order valence-electron chi connectivity index (χ3n) is 2.38. The molecule has 1 aliphatic rings. The summed E-state index contributed by atoms with van der Waals surface area (Å²) in [4.78, 5) is 11.2. The van der Waals surface area contributed by atoms with Crippen molar-refractivity contribution in [2.45, 2.75) is 31.7 Å². The molecular weight excluding hydrogens is 223 g/mol. The van der Waals surface area contributed by atoms with Crippen LogP contribution in [0, 0.1) is 5.92 Å². The largest absolute Gasteiger partial charge is 0.451 e. The van der Waals surface area contributed by atoms with E-state index in [2.05, 4.69) is 18.2 Å². The van der Waals surface area contributed by atoms with E-state index in [4.69, 9.17) is 0 Å². The Labute approximate surface area is 84.7 Å². The van der Waals surface area contributed by atoms with Gasteiger partial charge in [-0.15, -0.1) is 0 Å². The van der Waals surface area contributed by atoms with Crippen molar-refractivity contribution in [1.29, 1.82) is 0 Å². The Morgan fingerprint density at radius 3 is 2.46 bits per heavy atom. The van der Waals surface area contributed by atoms with Gasteiger partial charge in [-0.05, 0) is 25.7 Å². The molecular formula is C7H14NO2P3. The van der Waals surface area contributed by atoms with Gasteiger partial charge in [-0.1, -0.05) is 8.93 Å². The van der Waals surface area contributed by atoms with Gasteiger partial charge in [0.05, 0.1) is 21.4 Å². The Morgan fingerprint density at radius 1 is 1.38 bits per heavy atom. The van der Waals surface area contributed by atoms with Gasteiger partial charge < -0.3 is 4.52 Å². The number of hydrogen-bond acceptors (Lipinski definition) is 3. The zero-order valence-corrected chi connectivity index (χ0v) is 10.6. The number of carbonyl (C=O) groups excluding carboxylic acids is 1. The van der Waals surface area contributed by atoms with Crippen molar-refractivity contribution in [3.63, 3.8) is 0 Å². The van der Waals surface area contributed by atoms with E-state index in [9.17, 15) is 4.79 Å². The van der Waals surface area contributed by atoms with Crippen LogP contribution in [-0.2, 0) is 9.32 Å². The molecule has 13 heavy (non-hydrogen) atoms. The van der Waals surface area contributed by atoms with Crippen molar-refractivity contribution in [3.8, 4) is 0 Å². The summed E-state index contributed by atoms with van der Waals surface area (Å²) in [5.74, 6) is 0.0111. The van der Waals surface area contributed by atoms with E-state index in [0.29, 0.717) is 6.04 Å². The highest BCUT2D eigenvalue weighted by Gasteiger charge is 2.26. The van der Waals surface area contributed by atoms with Crippen LogP contribution in [0.5, 0.6) is 0 Å². The molecule has 2 unspecified atom stereocenters. The van der Waals surface area contributed by atoms with E-state index >= 15 is 0 Å². The van der Waals surface area contributed by atoms with E-state index in [1.165, 1.54) is 0 Å². The fraction of sp³-hybridized carbons (Fsp3) is 0.857. The smallest absolute Gasteiger partial charge is 0.311 e. The van der Waals surface area contributed by atoms with Crippen LogP contribution in [0.3, 0.4) is 0 Å². The summed E-state index contributed by atoms with van der Waals surface area (Å²) in [6.07, 6.45) is 3.88. The molecule has 1 fully saturated rings. The summed E-state index contributed by atoms with van der Waals surface area (Å²) in [5, 5.41) is 0. The summed E-state index contributed by atoms with van der Waals surface area (Å²) in [6, 6.07) is 0.452. The van der Waals surface area contributed by atoms with E-state index in [0.717, 1.165) is 33.7 Å². The highest BCUT2D eigenvalue weighted by molar-refractivity contribution is 7.97. The molecule has 3 nitrogen and oxygen atoms in total. The van der Waals surface area contributed by atoms with Gasteiger partial charge in [0.1, 0.15) is 0 Å². The standard InChI is InChI=1S/C7H14NO2P3/c9-7(10-11)5-1-3-6(4-2-5)8-13-12/h5-6H,1-4,11-12H2. The molecule has 0 heterocycles. The first-order valence-corrected chi connectivity index (χ1v) is 7.22. The maximum atomic E-state index is 11.2. The zero-order chi connectivity index (χ0) is 9.68. The second-order valence-corrected chi connectivity index (χ2v) is 4.56. The van der Waals surface area contributed by atoms with Crippen LogP contribution in [0.25, 0.3) is 0 Å². The van der Waals surface area contributed by atoms with Gasteiger partial charge in [-0.25, -0.2) is 0 Å². The van der Waals surface area contributed by atoms with E-state index < -0.39 is 0 Å². The Morgan fingerprint density at radius 2 is 2.00 bits per heavy atom. The molecule has 0 spiro atoms. The van der Waals surface area contributed by atoms with Crippen molar-refractivity contribution in [3.05, 3.63) is 0 Å². The molecule has 0 saturated heterocycles. The first-order valence-electron chi connectivity index (χ1n) is 4.28. The van der Waals surface area contributed by atoms with Crippen LogP contribution >= 0.6 is 26.5 Å². The summed E-state index contributed by atoms with van der Waals surface area (Å²) in [5.41, 5.74) is 0. The second kappa shape index (κ2) is 6.02. The molecule has 0 amide bonds. The number of carbonyl (C=O) groups is 1. The van der Waals surface area contributed by atoms with E-state index in [-0.39, 0.29) is 11.9 Å². The summed E-state index contributed by atoms with van der Waals surface area (Å²) < 4.78 is 9.01. The van der Waals surface area contributed by atoms with Gasteiger partial charge in [-0.2, -0.15) is 0 Å². The molecule has 1 saturated carbocycles. The number of hydrogen-bond donors (Lipinski definition) is 0. The Balaban J connectivity index is 2.34. The van der Waals surface area contributed by atoms with Crippen LogP contribution < -0.4 is 0 Å². The SMILES string of the molecule is O=C(OP)C1CCC(/N=P\P)CC1. The molecule has 0 N–H and O–H groups in total. The molecule has 0 aliphatic heterocycles. The van der Waals surface area contributed by atoms with Crippen molar-refractivity contribution in [2.24, 2.45) is 10.7 Å². The van der Waals surface area contributed by atoms with Gasteiger partial charge >= 0.3 is 5.97 Å². The van der Waals surface area contributed by atoms with Crippen LogP contribution in [0.1, 0.15) is 25.7 Å². The van der Waals surface area contributed by atoms with Crippen LogP contribution in [0.4, 0.5) is 0 Å². The fourth-order valence-corrected chi connectivity index (χ4v) is 2.80. The van der Waals surface area contributed by atoms with Gasteiger partial charge in [0, 0.05) is 8.06 Å². The third kappa shape index (κ3) is 3.58. The maximum absolute atomic E-state index is 11.2. The molecule has 6 heteroatoms. The molecule has 2 atom stereocenters. The summed E-state index contributed by atoms with van der Waals surface area (Å²) >= 11 is 0. The highest BCUT2D eigenvalue weighted by Crippen LogP contribution is 2.29. The lowest BCUT2D eigenvalue weighted by molar-refractivity contribution is -0.138. The van der Waals surface area contributed by atoms with Crippen molar-refractivity contribution in [1.82, 2.24) is 0 Å². The predicted molar refractivity (Wildman–Crippen MR) is 60.6 cm³/mol. The van der Waals surface area contributed by atoms with Crippen LogP contribution in [0.15, 0.2) is 4.74 Å². The highest BCUT2D eigenvalue weighted by atomic mass is 32.0. The van der Waals surface area contributed by atoms with Crippen molar-refractivity contribution >= 4 is 32.4 Å². The number of rotatable bonds is 2. The first kappa shape index (κ1) is 11.5. The molecule has 1 aliphatic carbocycles. The quantitative estimate of drug-likeness (QED) is 0.692. The fourth-order valence-electron chi connectivity index (χ4n) is 1.62. The van der Waals surface area contributed by atoms with Crippen molar-refractivity contribution < 1.29 is 9.32 Å². The first-order chi connectivity index (χ1) is 6.27. The van der Waals surface area contributed by atoms with Crippen molar-refractivity contribution in [2.75, 3.05) is 0 Å². The molecule has 0 bridgehead atoms. The van der Waals surface area contributed by atoms with Crippen LogP contribution in [0.2, 0.25) is 0 Å². The minimum Gasteiger partial charge on any atom is -0.451 e. The molecule has 0 aromatic carbocycles. The molecule has 0 aromatic heterocycles. The number of nitrogens with zero attached hydrogens (tertiary/aromatic N) is 1. The van der Waals surface area contributed by atoms with Gasteiger partial charge in [0.15, 0.2) is 0 Å². The minimum absolute atomic E-state index is 0.0909. The minimum atomic E-state index is -0.0909. The summed E-state index contributed by atoms with van der Waals surface area (Å²) in [7, 11) is 5.61. The normalized spacial score (nSPS) is 29.1. The Kier molecular flexibility index (Phi) is 5.32. The second-order valence-electron chi connectivity index (χ2n) is 3.17. The van der Waals surface area contributed by atoms with Gasteiger partial charge in [0.25, 0.3) is 0 Å². The predicted octanol–water partition coefficient (Wildman–Crippen LogP) is 2.80. The van der Waals surface area contributed by atoms with Gasteiger partial charge in [-0.3, -0.25) is 9.54 Å².